The largest absolute Gasteiger partial charge is 0.218 e. The Morgan fingerprint density at radius 1 is 1.18 bits per heavy atom. The number of rotatable bonds is 2. The molecular formula is C8H11F2N. The highest BCUT2D eigenvalue weighted by atomic mass is 19.1. The molecule has 0 aromatic carbocycles. The summed E-state index contributed by atoms with van der Waals surface area (Å²) in [4.78, 5) is 2.93. The zero-order valence-electron chi connectivity index (χ0n) is 6.91. The summed E-state index contributed by atoms with van der Waals surface area (Å²) >= 11 is 0. The van der Waals surface area contributed by atoms with Gasteiger partial charge in [0.25, 0.3) is 0 Å². The smallest absolute Gasteiger partial charge is 0.191 e. The maximum absolute atomic E-state index is 12.7. The molecule has 0 spiro atoms. The average molecular weight is 159 g/mol. The van der Waals surface area contributed by atoms with E-state index >= 15 is 0 Å². The van der Waals surface area contributed by atoms with Crippen molar-refractivity contribution in [1.82, 2.24) is 0 Å². The summed E-state index contributed by atoms with van der Waals surface area (Å²) in [5.41, 5.74) is 1.12. The zero-order valence-corrected chi connectivity index (χ0v) is 6.91. The third kappa shape index (κ3) is 3.65. The molecule has 0 heterocycles. The van der Waals surface area contributed by atoms with E-state index in [1.54, 1.807) is 13.8 Å². The van der Waals surface area contributed by atoms with Crippen LogP contribution in [0.4, 0.5) is 8.78 Å². The Balaban J connectivity index is 4.63. The number of hydrogen-bond acceptors (Lipinski definition) is 1. The zero-order chi connectivity index (χ0) is 9.02. The van der Waals surface area contributed by atoms with Gasteiger partial charge in [0.05, 0.1) is 0 Å². The van der Waals surface area contributed by atoms with Gasteiger partial charge in [0.1, 0.15) is 0 Å². The highest BCUT2D eigenvalue weighted by molar-refractivity contribution is 5.93. The minimum Gasteiger partial charge on any atom is -0.191 e. The van der Waals surface area contributed by atoms with Crippen LogP contribution in [0.2, 0.25) is 0 Å². The van der Waals surface area contributed by atoms with Crippen LogP contribution < -0.4 is 0 Å². The van der Waals surface area contributed by atoms with Gasteiger partial charge < -0.3 is 0 Å². The Labute approximate surface area is 65.1 Å². The minimum atomic E-state index is -1.01. The summed E-state index contributed by atoms with van der Waals surface area (Å²) in [7, 11) is 0. The summed E-state index contributed by atoms with van der Waals surface area (Å²) < 4.78 is 24.6. The molecule has 3 heteroatoms. The molecule has 0 fully saturated rings. The van der Waals surface area contributed by atoms with Crippen molar-refractivity contribution in [1.29, 1.82) is 0 Å². The van der Waals surface area contributed by atoms with Gasteiger partial charge in [-0.1, -0.05) is 5.57 Å². The first-order valence-corrected chi connectivity index (χ1v) is 3.18. The summed E-state index contributed by atoms with van der Waals surface area (Å²) in [6.45, 7) is 7.81. The summed E-state index contributed by atoms with van der Waals surface area (Å²) in [5.74, 6) is -1.82. The van der Waals surface area contributed by atoms with Crippen LogP contribution >= 0.6 is 0 Å². The van der Waals surface area contributed by atoms with Crippen molar-refractivity contribution in [2.24, 2.45) is 4.99 Å². The van der Waals surface area contributed by atoms with E-state index in [1.807, 2.05) is 0 Å². The molecule has 0 aliphatic carbocycles. The fourth-order valence-corrected chi connectivity index (χ4v) is 0.397. The Morgan fingerprint density at radius 3 is 1.91 bits per heavy atom. The van der Waals surface area contributed by atoms with Gasteiger partial charge >= 0.3 is 0 Å². The first-order valence-electron chi connectivity index (χ1n) is 3.18. The van der Waals surface area contributed by atoms with E-state index < -0.39 is 11.9 Å². The fraction of sp³-hybridized carbons (Fsp3) is 0.375. The summed E-state index contributed by atoms with van der Waals surface area (Å²) in [6.07, 6.45) is 0. The van der Waals surface area contributed by atoms with Gasteiger partial charge in [-0.05, 0) is 27.4 Å². The highest BCUT2D eigenvalue weighted by Gasteiger charge is 2.01. The first-order chi connectivity index (χ1) is 4.95. The summed E-state index contributed by atoms with van der Waals surface area (Å²) in [5, 5.41) is 0. The molecule has 0 aromatic heterocycles. The Morgan fingerprint density at radius 2 is 1.64 bits per heavy atom. The molecule has 0 atom stereocenters. The van der Waals surface area contributed by atoms with Gasteiger partial charge in [-0.25, -0.2) is 0 Å². The van der Waals surface area contributed by atoms with Crippen molar-refractivity contribution in [3.8, 4) is 0 Å². The van der Waals surface area contributed by atoms with Crippen LogP contribution in [0.5, 0.6) is 0 Å². The van der Waals surface area contributed by atoms with Crippen LogP contribution in [0.15, 0.2) is 28.7 Å². The number of halogens is 2. The molecule has 0 saturated heterocycles. The lowest BCUT2D eigenvalue weighted by atomic mass is 10.2. The monoisotopic (exact) mass is 159 g/mol. The fourth-order valence-electron chi connectivity index (χ4n) is 0.397. The maximum atomic E-state index is 12.7. The van der Waals surface area contributed by atoms with Crippen LogP contribution in [-0.2, 0) is 0 Å². The predicted molar refractivity (Wildman–Crippen MR) is 42.8 cm³/mol. The van der Waals surface area contributed by atoms with Crippen LogP contribution in [0.1, 0.15) is 20.8 Å². The van der Waals surface area contributed by atoms with Gasteiger partial charge in [0, 0.05) is 5.57 Å². The molecule has 0 bridgehead atoms. The molecule has 0 aliphatic rings. The van der Waals surface area contributed by atoms with E-state index in [1.165, 1.54) is 6.92 Å². The molecule has 0 saturated carbocycles. The molecule has 0 amide bonds. The van der Waals surface area contributed by atoms with E-state index in [9.17, 15) is 8.78 Å². The molecular weight excluding hydrogens is 148 g/mol. The normalized spacial score (nSPS) is 11.2. The second-order valence-corrected chi connectivity index (χ2v) is 2.40. The van der Waals surface area contributed by atoms with E-state index in [0.29, 0.717) is 5.57 Å². The quantitative estimate of drug-likeness (QED) is 0.433. The van der Waals surface area contributed by atoms with Gasteiger partial charge in [-0.15, -0.1) is 0 Å². The minimum absolute atomic E-state index is 0.351. The van der Waals surface area contributed by atoms with Gasteiger partial charge in [0.15, 0.2) is 0 Å². The lowest BCUT2D eigenvalue weighted by Crippen LogP contribution is -1.93. The van der Waals surface area contributed by atoms with Crippen LogP contribution in [0.3, 0.4) is 0 Å². The Bertz CT molecular complexity index is 222. The molecule has 0 aromatic rings. The van der Waals surface area contributed by atoms with E-state index in [4.69, 9.17) is 0 Å². The second kappa shape index (κ2) is 4.01. The Kier molecular flexibility index (Phi) is 3.65. The first kappa shape index (κ1) is 10.0. The van der Waals surface area contributed by atoms with Gasteiger partial charge in [-0.3, -0.25) is 0 Å². The van der Waals surface area contributed by atoms with Crippen molar-refractivity contribution in [3.05, 3.63) is 23.7 Å². The van der Waals surface area contributed by atoms with Gasteiger partial charge in [0.2, 0.25) is 11.9 Å². The number of hydrogen-bond donors (Lipinski definition) is 0. The van der Waals surface area contributed by atoms with Crippen LogP contribution in [0, 0.1) is 0 Å². The average Bonchev–Trinajstić information content (AvgIpc) is 1.84. The number of nitrogens with zero attached hydrogens (tertiary/aromatic N) is 1. The number of allylic oxidation sites excluding steroid dienone is 2. The lowest BCUT2D eigenvalue weighted by molar-refractivity contribution is 0.624. The third-order valence-corrected chi connectivity index (χ3v) is 1.28. The van der Waals surface area contributed by atoms with Crippen molar-refractivity contribution in [2.75, 3.05) is 0 Å². The molecule has 0 N–H and O–H groups in total. The van der Waals surface area contributed by atoms with Crippen molar-refractivity contribution in [3.63, 3.8) is 0 Å². The maximum Gasteiger partial charge on any atom is 0.218 e. The molecule has 62 valence electrons. The second-order valence-electron chi connectivity index (χ2n) is 2.40. The van der Waals surface area contributed by atoms with Crippen molar-refractivity contribution < 1.29 is 8.78 Å². The molecule has 0 aliphatic heterocycles. The topological polar surface area (TPSA) is 12.4 Å². The molecule has 0 radical (unpaired) electrons. The third-order valence-electron chi connectivity index (χ3n) is 1.28. The van der Waals surface area contributed by atoms with E-state index in [2.05, 4.69) is 11.6 Å². The molecule has 0 unspecified atom stereocenters. The lowest BCUT2D eigenvalue weighted by Gasteiger charge is -1.97. The van der Waals surface area contributed by atoms with E-state index in [-0.39, 0.29) is 0 Å². The summed E-state index contributed by atoms with van der Waals surface area (Å²) in [6, 6.07) is 0. The van der Waals surface area contributed by atoms with Crippen molar-refractivity contribution in [2.45, 2.75) is 20.8 Å². The van der Waals surface area contributed by atoms with Crippen LogP contribution in [-0.4, -0.2) is 5.97 Å². The SMILES string of the molecule is C=C(F)/N=C(/F)C(C)=C(C)C. The van der Waals surface area contributed by atoms with E-state index in [0.717, 1.165) is 5.57 Å². The molecule has 1 nitrogen and oxygen atoms in total. The number of aliphatic imine (C=N–C) groups is 1. The van der Waals surface area contributed by atoms with Crippen molar-refractivity contribution >= 4 is 5.97 Å². The molecule has 0 rings (SSSR count). The highest BCUT2D eigenvalue weighted by Crippen LogP contribution is 2.08. The van der Waals surface area contributed by atoms with Crippen LogP contribution in [0.25, 0.3) is 0 Å². The predicted octanol–water partition coefficient (Wildman–Crippen LogP) is 3.15. The standard InChI is InChI=1S/C8H11F2N/c1-5(2)6(3)8(10)11-7(4)9/h4H2,1-3H3/b11-8+. The Hall–Kier alpha value is -0.990. The molecule has 11 heavy (non-hydrogen) atoms. The van der Waals surface area contributed by atoms with Gasteiger partial charge in [-0.2, -0.15) is 13.8 Å².